The highest BCUT2D eigenvalue weighted by atomic mass is 16.5. The number of fused-ring (bicyclic) bond motifs is 1. The SMILES string of the molecule is O=C(O)c1cc2c(cn1)CN(CC1COC1)CC2. The molecule has 0 aliphatic carbocycles. The van der Waals surface area contributed by atoms with E-state index in [1.807, 2.05) is 0 Å². The van der Waals surface area contributed by atoms with Crippen molar-refractivity contribution in [1.82, 2.24) is 9.88 Å². The average Bonchev–Trinajstić information content (AvgIpc) is 2.33. The molecule has 2 aliphatic heterocycles. The fourth-order valence-electron chi connectivity index (χ4n) is 2.53. The molecule has 1 saturated heterocycles. The molecule has 18 heavy (non-hydrogen) atoms. The lowest BCUT2D eigenvalue weighted by atomic mass is 9.99. The summed E-state index contributed by atoms with van der Waals surface area (Å²) < 4.78 is 5.18. The number of nitrogens with zero attached hydrogens (tertiary/aromatic N) is 2. The van der Waals surface area contributed by atoms with Gasteiger partial charge in [-0.25, -0.2) is 9.78 Å². The number of hydrogen-bond acceptors (Lipinski definition) is 4. The van der Waals surface area contributed by atoms with Gasteiger partial charge in [-0.05, 0) is 23.6 Å². The summed E-state index contributed by atoms with van der Waals surface area (Å²) in [5.74, 6) is -0.287. The van der Waals surface area contributed by atoms with Crippen LogP contribution in [0.1, 0.15) is 21.6 Å². The molecule has 0 aromatic carbocycles. The number of pyridine rings is 1. The van der Waals surface area contributed by atoms with Crippen LogP contribution in [-0.2, 0) is 17.7 Å². The number of carboxylic acid groups (broad SMARTS) is 1. The zero-order valence-corrected chi connectivity index (χ0v) is 10.1. The van der Waals surface area contributed by atoms with Gasteiger partial charge < -0.3 is 9.84 Å². The van der Waals surface area contributed by atoms with Crippen molar-refractivity contribution in [2.24, 2.45) is 5.92 Å². The lowest BCUT2D eigenvalue weighted by Crippen LogP contribution is -2.41. The fraction of sp³-hybridized carbons (Fsp3) is 0.538. The quantitative estimate of drug-likeness (QED) is 0.856. The first-order valence-electron chi connectivity index (χ1n) is 6.23. The Balaban J connectivity index is 1.70. The van der Waals surface area contributed by atoms with Crippen LogP contribution < -0.4 is 0 Å². The third-order valence-corrected chi connectivity index (χ3v) is 3.62. The highest BCUT2D eigenvalue weighted by Gasteiger charge is 2.24. The predicted molar refractivity (Wildman–Crippen MR) is 64.5 cm³/mol. The van der Waals surface area contributed by atoms with Crippen LogP contribution in [0.2, 0.25) is 0 Å². The largest absolute Gasteiger partial charge is 0.477 e. The minimum Gasteiger partial charge on any atom is -0.477 e. The number of ether oxygens (including phenoxy) is 1. The lowest BCUT2D eigenvalue weighted by molar-refractivity contribution is -0.0480. The van der Waals surface area contributed by atoms with Gasteiger partial charge in [0.05, 0.1) is 13.2 Å². The summed E-state index contributed by atoms with van der Waals surface area (Å²) in [6, 6.07) is 1.71. The van der Waals surface area contributed by atoms with Crippen molar-refractivity contribution in [3.63, 3.8) is 0 Å². The number of aromatic nitrogens is 1. The summed E-state index contributed by atoms with van der Waals surface area (Å²) in [7, 11) is 0. The van der Waals surface area contributed by atoms with Crippen LogP contribution in [0.5, 0.6) is 0 Å². The Kier molecular flexibility index (Phi) is 3.01. The number of aromatic carboxylic acids is 1. The van der Waals surface area contributed by atoms with Crippen molar-refractivity contribution in [3.8, 4) is 0 Å². The van der Waals surface area contributed by atoms with E-state index < -0.39 is 5.97 Å². The molecule has 0 spiro atoms. The minimum atomic E-state index is -0.952. The summed E-state index contributed by atoms with van der Waals surface area (Å²) in [6.45, 7) is 4.69. The lowest BCUT2D eigenvalue weighted by Gasteiger charge is -2.35. The molecular weight excluding hydrogens is 232 g/mol. The molecule has 96 valence electrons. The van der Waals surface area contributed by atoms with Crippen LogP contribution in [0.25, 0.3) is 0 Å². The van der Waals surface area contributed by atoms with Crippen molar-refractivity contribution in [2.45, 2.75) is 13.0 Å². The monoisotopic (exact) mass is 248 g/mol. The third kappa shape index (κ3) is 2.23. The molecule has 5 heteroatoms. The standard InChI is InChI=1S/C13H16N2O3/c16-13(17)12-3-10-1-2-15(5-9-7-18-8-9)6-11(10)4-14-12/h3-4,9H,1-2,5-8H2,(H,16,17). The zero-order chi connectivity index (χ0) is 12.5. The van der Waals surface area contributed by atoms with Gasteiger partial charge in [0.15, 0.2) is 0 Å². The Morgan fingerprint density at radius 2 is 2.33 bits per heavy atom. The van der Waals surface area contributed by atoms with Crippen molar-refractivity contribution < 1.29 is 14.6 Å². The molecule has 2 aliphatic rings. The Hall–Kier alpha value is -1.46. The summed E-state index contributed by atoms with van der Waals surface area (Å²) >= 11 is 0. The summed E-state index contributed by atoms with van der Waals surface area (Å²) in [4.78, 5) is 17.2. The van der Waals surface area contributed by atoms with Crippen molar-refractivity contribution in [3.05, 3.63) is 29.1 Å². The van der Waals surface area contributed by atoms with E-state index in [-0.39, 0.29) is 5.69 Å². The van der Waals surface area contributed by atoms with Gasteiger partial charge in [-0.2, -0.15) is 0 Å². The molecule has 1 aromatic heterocycles. The molecule has 3 heterocycles. The maximum atomic E-state index is 10.9. The smallest absolute Gasteiger partial charge is 0.354 e. The highest BCUT2D eigenvalue weighted by Crippen LogP contribution is 2.21. The van der Waals surface area contributed by atoms with E-state index in [1.54, 1.807) is 12.3 Å². The van der Waals surface area contributed by atoms with Gasteiger partial charge in [0.1, 0.15) is 5.69 Å². The Morgan fingerprint density at radius 3 is 3.00 bits per heavy atom. The molecule has 0 atom stereocenters. The van der Waals surface area contributed by atoms with Crippen LogP contribution in [0.3, 0.4) is 0 Å². The van der Waals surface area contributed by atoms with Gasteiger partial charge >= 0.3 is 5.97 Å². The number of hydrogen-bond donors (Lipinski definition) is 1. The van der Waals surface area contributed by atoms with Crippen LogP contribution in [-0.4, -0.2) is 47.3 Å². The molecule has 0 bridgehead atoms. The Morgan fingerprint density at radius 1 is 1.50 bits per heavy atom. The van der Waals surface area contributed by atoms with Crippen LogP contribution in [0, 0.1) is 5.92 Å². The Labute approximate surface area is 105 Å². The maximum Gasteiger partial charge on any atom is 0.354 e. The zero-order valence-electron chi connectivity index (χ0n) is 10.1. The maximum absolute atomic E-state index is 10.9. The van der Waals surface area contributed by atoms with Crippen LogP contribution in [0.15, 0.2) is 12.3 Å². The van der Waals surface area contributed by atoms with E-state index in [0.29, 0.717) is 5.92 Å². The van der Waals surface area contributed by atoms with Gasteiger partial charge in [0.25, 0.3) is 0 Å². The van der Waals surface area contributed by atoms with Gasteiger partial charge in [-0.15, -0.1) is 0 Å². The van der Waals surface area contributed by atoms with Gasteiger partial charge in [0, 0.05) is 31.7 Å². The molecular formula is C13H16N2O3. The summed E-state index contributed by atoms with van der Waals surface area (Å²) in [6.07, 6.45) is 2.62. The third-order valence-electron chi connectivity index (χ3n) is 3.62. The summed E-state index contributed by atoms with van der Waals surface area (Å²) in [5, 5.41) is 8.91. The molecule has 0 saturated carbocycles. The molecule has 0 unspecified atom stereocenters. The van der Waals surface area contributed by atoms with E-state index in [4.69, 9.17) is 9.84 Å². The number of carboxylic acids is 1. The second-order valence-corrected chi connectivity index (χ2v) is 5.03. The molecule has 1 fully saturated rings. The molecule has 3 rings (SSSR count). The highest BCUT2D eigenvalue weighted by molar-refractivity contribution is 5.85. The summed E-state index contributed by atoms with van der Waals surface area (Å²) in [5.41, 5.74) is 2.43. The number of carbonyl (C=O) groups is 1. The first-order valence-corrected chi connectivity index (χ1v) is 6.23. The van der Waals surface area contributed by atoms with Crippen molar-refractivity contribution >= 4 is 5.97 Å². The average molecular weight is 248 g/mol. The van der Waals surface area contributed by atoms with E-state index in [9.17, 15) is 4.79 Å². The second kappa shape index (κ2) is 4.66. The van der Waals surface area contributed by atoms with Gasteiger partial charge in [0.2, 0.25) is 0 Å². The minimum absolute atomic E-state index is 0.148. The second-order valence-electron chi connectivity index (χ2n) is 5.03. The van der Waals surface area contributed by atoms with E-state index in [2.05, 4.69) is 9.88 Å². The fourth-order valence-corrected chi connectivity index (χ4v) is 2.53. The van der Waals surface area contributed by atoms with E-state index >= 15 is 0 Å². The molecule has 0 radical (unpaired) electrons. The van der Waals surface area contributed by atoms with Gasteiger partial charge in [-0.1, -0.05) is 0 Å². The van der Waals surface area contributed by atoms with Crippen molar-refractivity contribution in [1.29, 1.82) is 0 Å². The van der Waals surface area contributed by atoms with Crippen molar-refractivity contribution in [2.75, 3.05) is 26.3 Å². The van der Waals surface area contributed by atoms with E-state index in [1.165, 1.54) is 0 Å². The first-order chi connectivity index (χ1) is 8.72. The molecule has 1 aromatic rings. The first kappa shape index (κ1) is 11.6. The van der Waals surface area contributed by atoms with Gasteiger partial charge in [-0.3, -0.25) is 4.90 Å². The predicted octanol–water partition coefficient (Wildman–Crippen LogP) is 0.784. The number of rotatable bonds is 3. The van der Waals surface area contributed by atoms with Crippen LogP contribution >= 0.6 is 0 Å². The molecule has 0 amide bonds. The molecule has 1 N–H and O–H groups in total. The van der Waals surface area contributed by atoms with Crippen LogP contribution in [0.4, 0.5) is 0 Å². The molecule has 5 nitrogen and oxygen atoms in total. The topological polar surface area (TPSA) is 62.7 Å². The normalized spacial score (nSPS) is 20.2. The van der Waals surface area contributed by atoms with E-state index in [0.717, 1.165) is 50.4 Å². The Bertz CT molecular complexity index is 471.